The molecule has 0 saturated heterocycles. The van der Waals surface area contributed by atoms with E-state index in [2.05, 4.69) is 28.0 Å². The molecule has 0 amide bonds. The average molecular weight is 343 g/mol. The maximum atomic E-state index is 6.06. The van der Waals surface area contributed by atoms with E-state index in [4.69, 9.17) is 17.4 Å². The molecule has 0 aliphatic carbocycles. The molecule has 3 rings (SSSR count). The molecule has 0 saturated carbocycles. The number of nitrogen functional groups attached to an aromatic ring is 1. The van der Waals surface area contributed by atoms with E-state index >= 15 is 0 Å². The van der Waals surface area contributed by atoms with Gasteiger partial charge in [-0.25, -0.2) is 10.8 Å². The molecule has 0 aliphatic rings. The highest BCUT2D eigenvalue weighted by Gasteiger charge is 2.16. The summed E-state index contributed by atoms with van der Waals surface area (Å²) in [5.74, 6) is 6.82. The molecule has 1 aromatic heterocycles. The topological polar surface area (TPSA) is 63.8 Å². The lowest BCUT2D eigenvalue weighted by molar-refractivity contribution is 1.14. The zero-order valence-electron chi connectivity index (χ0n) is 12.2. The summed E-state index contributed by atoms with van der Waals surface area (Å²) in [5.41, 5.74) is 7.21. The molecule has 0 aliphatic heterocycles. The molecular formula is C17H15ClN4S. The molecule has 116 valence electrons. The van der Waals surface area contributed by atoms with Crippen LogP contribution in [0.4, 0.5) is 5.82 Å². The molecule has 4 nitrogen and oxygen atoms in total. The van der Waals surface area contributed by atoms with Gasteiger partial charge in [0.2, 0.25) is 5.28 Å². The number of hydrogen-bond donors (Lipinski definition) is 3. The maximum absolute atomic E-state index is 6.06. The number of rotatable bonds is 4. The first-order valence-electron chi connectivity index (χ1n) is 7.02. The van der Waals surface area contributed by atoms with Crippen LogP contribution in [0.5, 0.6) is 0 Å². The van der Waals surface area contributed by atoms with Crippen LogP contribution in [0.25, 0.3) is 22.4 Å². The van der Waals surface area contributed by atoms with Gasteiger partial charge in [0, 0.05) is 11.3 Å². The van der Waals surface area contributed by atoms with Crippen molar-refractivity contribution in [3.05, 3.63) is 65.4 Å². The molecular weight excluding hydrogens is 328 g/mol. The normalized spacial score (nSPS) is 10.6. The van der Waals surface area contributed by atoms with Crippen molar-refractivity contribution in [2.45, 2.75) is 5.75 Å². The van der Waals surface area contributed by atoms with Gasteiger partial charge in [0.25, 0.3) is 0 Å². The molecule has 0 spiro atoms. The highest BCUT2D eigenvalue weighted by Crippen LogP contribution is 2.36. The molecule has 2 aromatic carbocycles. The number of halogens is 1. The van der Waals surface area contributed by atoms with Gasteiger partial charge in [-0.1, -0.05) is 54.6 Å². The fourth-order valence-electron chi connectivity index (χ4n) is 2.39. The highest BCUT2D eigenvalue weighted by atomic mass is 35.5. The van der Waals surface area contributed by atoms with Crippen LogP contribution >= 0.6 is 24.2 Å². The smallest absolute Gasteiger partial charge is 0.224 e. The van der Waals surface area contributed by atoms with Gasteiger partial charge in [0.05, 0.1) is 11.3 Å². The van der Waals surface area contributed by atoms with Gasteiger partial charge in [-0.05, 0) is 22.7 Å². The largest absolute Gasteiger partial charge is 0.308 e. The second-order valence-electron chi connectivity index (χ2n) is 4.93. The molecule has 0 unspecified atom stereocenters. The van der Waals surface area contributed by atoms with Crippen LogP contribution in [-0.2, 0) is 5.75 Å². The second-order valence-corrected chi connectivity index (χ2v) is 5.58. The van der Waals surface area contributed by atoms with Gasteiger partial charge in [0.1, 0.15) is 0 Å². The summed E-state index contributed by atoms with van der Waals surface area (Å²) in [6.07, 6.45) is 0. The SMILES string of the molecule is NNc1nc(Cl)nc(-c2ccccc2)c1-c1ccc(CS)cc1. The summed E-state index contributed by atoms with van der Waals surface area (Å²) >= 11 is 10.3. The number of aromatic nitrogens is 2. The fourth-order valence-corrected chi connectivity index (χ4v) is 2.77. The van der Waals surface area contributed by atoms with Crippen LogP contribution in [-0.4, -0.2) is 9.97 Å². The average Bonchev–Trinajstić information content (AvgIpc) is 2.62. The minimum absolute atomic E-state index is 0.146. The fraction of sp³-hybridized carbons (Fsp3) is 0.0588. The number of hydrogen-bond acceptors (Lipinski definition) is 5. The van der Waals surface area contributed by atoms with E-state index in [1.54, 1.807) is 0 Å². The Kier molecular flexibility index (Phi) is 4.81. The summed E-state index contributed by atoms with van der Waals surface area (Å²) in [7, 11) is 0. The first-order chi connectivity index (χ1) is 11.2. The number of anilines is 1. The Morgan fingerprint density at radius 3 is 2.26 bits per heavy atom. The van der Waals surface area contributed by atoms with Crippen LogP contribution in [0.15, 0.2) is 54.6 Å². The minimum Gasteiger partial charge on any atom is -0.308 e. The van der Waals surface area contributed by atoms with E-state index in [1.165, 1.54) is 0 Å². The first kappa shape index (κ1) is 15.8. The summed E-state index contributed by atoms with van der Waals surface area (Å²) in [5, 5.41) is 0.146. The molecule has 0 bridgehead atoms. The van der Waals surface area contributed by atoms with Crippen molar-refractivity contribution in [1.82, 2.24) is 9.97 Å². The van der Waals surface area contributed by atoms with Gasteiger partial charge >= 0.3 is 0 Å². The van der Waals surface area contributed by atoms with Crippen molar-refractivity contribution >= 4 is 30.0 Å². The third kappa shape index (κ3) is 3.32. The molecule has 23 heavy (non-hydrogen) atoms. The number of hydrazine groups is 1. The lowest BCUT2D eigenvalue weighted by Gasteiger charge is -2.14. The molecule has 0 fully saturated rings. The van der Waals surface area contributed by atoms with E-state index in [-0.39, 0.29) is 5.28 Å². The van der Waals surface area contributed by atoms with E-state index in [9.17, 15) is 0 Å². The van der Waals surface area contributed by atoms with Gasteiger partial charge in [0.15, 0.2) is 5.82 Å². The van der Waals surface area contributed by atoms with Gasteiger partial charge in [-0.2, -0.15) is 17.6 Å². The van der Waals surface area contributed by atoms with E-state index in [0.29, 0.717) is 11.6 Å². The molecule has 0 radical (unpaired) electrons. The minimum atomic E-state index is 0.146. The van der Waals surface area contributed by atoms with Crippen molar-refractivity contribution < 1.29 is 0 Å². The van der Waals surface area contributed by atoms with Crippen molar-refractivity contribution in [2.24, 2.45) is 5.84 Å². The molecule has 3 N–H and O–H groups in total. The van der Waals surface area contributed by atoms with Crippen molar-refractivity contribution in [3.8, 4) is 22.4 Å². The molecule has 3 aromatic rings. The van der Waals surface area contributed by atoms with E-state index in [1.807, 2.05) is 54.6 Å². The summed E-state index contributed by atoms with van der Waals surface area (Å²) in [6, 6.07) is 17.9. The number of nitrogens with two attached hydrogens (primary N) is 1. The predicted octanol–water partition coefficient (Wildman–Crippen LogP) is 4.18. The zero-order chi connectivity index (χ0) is 16.2. The van der Waals surface area contributed by atoms with Gasteiger partial charge < -0.3 is 5.43 Å². The first-order valence-corrected chi connectivity index (χ1v) is 8.03. The van der Waals surface area contributed by atoms with Crippen molar-refractivity contribution in [3.63, 3.8) is 0 Å². The summed E-state index contributed by atoms with van der Waals surface area (Å²) < 4.78 is 0. The maximum Gasteiger partial charge on any atom is 0.224 e. The van der Waals surface area contributed by atoms with Crippen LogP contribution < -0.4 is 11.3 Å². The monoisotopic (exact) mass is 342 g/mol. The Labute approximate surface area is 145 Å². The molecule has 1 heterocycles. The standard InChI is InChI=1S/C17H15ClN4S/c18-17-20-15(13-4-2-1-3-5-13)14(16(21-17)22-19)12-8-6-11(10-23)7-9-12/h1-9,23H,10,19H2,(H,20,21,22). The van der Waals surface area contributed by atoms with Gasteiger partial charge in [-0.15, -0.1) is 0 Å². The quantitative estimate of drug-likeness (QED) is 0.288. The lowest BCUT2D eigenvalue weighted by Crippen LogP contribution is -2.11. The third-order valence-corrected chi connectivity index (χ3v) is 4.03. The Balaban J connectivity index is 2.24. The highest BCUT2D eigenvalue weighted by molar-refractivity contribution is 7.79. The number of nitrogens with one attached hydrogen (secondary N) is 1. The van der Waals surface area contributed by atoms with Crippen molar-refractivity contribution in [1.29, 1.82) is 0 Å². The summed E-state index contributed by atoms with van der Waals surface area (Å²) in [4.78, 5) is 8.61. The Morgan fingerprint density at radius 1 is 0.957 bits per heavy atom. The Morgan fingerprint density at radius 2 is 1.65 bits per heavy atom. The Hall–Kier alpha value is -2.08. The van der Waals surface area contributed by atoms with E-state index in [0.717, 1.165) is 27.9 Å². The lowest BCUT2D eigenvalue weighted by atomic mass is 9.99. The molecule has 6 heteroatoms. The second kappa shape index (κ2) is 7.00. The molecule has 0 atom stereocenters. The van der Waals surface area contributed by atoms with Crippen LogP contribution in [0, 0.1) is 0 Å². The number of benzene rings is 2. The van der Waals surface area contributed by atoms with Crippen LogP contribution in [0.2, 0.25) is 5.28 Å². The number of thiol groups is 1. The van der Waals surface area contributed by atoms with E-state index < -0.39 is 0 Å². The zero-order valence-corrected chi connectivity index (χ0v) is 13.9. The number of nitrogens with zero attached hydrogens (tertiary/aromatic N) is 2. The van der Waals surface area contributed by atoms with Crippen molar-refractivity contribution in [2.75, 3.05) is 5.43 Å². The van der Waals surface area contributed by atoms with Crippen LogP contribution in [0.1, 0.15) is 5.56 Å². The Bertz CT molecular complexity index is 807. The predicted molar refractivity (Wildman–Crippen MR) is 98.4 cm³/mol. The van der Waals surface area contributed by atoms with Gasteiger partial charge in [-0.3, -0.25) is 0 Å². The van der Waals surface area contributed by atoms with Crippen LogP contribution in [0.3, 0.4) is 0 Å². The third-order valence-electron chi connectivity index (χ3n) is 3.49. The summed E-state index contributed by atoms with van der Waals surface area (Å²) in [6.45, 7) is 0.